The average Bonchev–Trinajstić information content (AvgIpc) is 2.97. The van der Waals surface area contributed by atoms with E-state index in [1.165, 1.54) is 5.56 Å². The smallest absolute Gasteiger partial charge is 0.188 e. The molecule has 1 aromatic carbocycles. The number of likely N-dealkylation sites (N-methyl/N-ethyl adjacent to an activating group) is 1. The molecule has 1 rings (SSSR count). The van der Waals surface area contributed by atoms with E-state index in [0.717, 1.165) is 65.7 Å². The molecular weight excluding hydrogens is 526 g/mol. The number of ether oxygens (including phenoxy) is 4. The molecule has 0 aromatic heterocycles. The summed E-state index contributed by atoms with van der Waals surface area (Å²) < 4.78 is 22.5. The number of rotatable bonds is 19. The molecule has 6 heteroatoms. The number of hydrogen-bond acceptors (Lipinski definition) is 6. The summed E-state index contributed by atoms with van der Waals surface area (Å²) in [6.07, 6.45) is 11.0. The van der Waals surface area contributed by atoms with Gasteiger partial charge in [-0.25, -0.2) is 0 Å². The van der Waals surface area contributed by atoms with E-state index in [1.807, 2.05) is 27.0 Å². The molecule has 6 nitrogen and oxygen atoms in total. The first-order valence-corrected chi connectivity index (χ1v) is 15.5. The summed E-state index contributed by atoms with van der Waals surface area (Å²) in [7, 11) is 5.35. The van der Waals surface area contributed by atoms with E-state index in [1.54, 1.807) is 14.2 Å². The van der Waals surface area contributed by atoms with Gasteiger partial charge in [0.25, 0.3) is 0 Å². The van der Waals surface area contributed by atoms with Crippen molar-refractivity contribution in [1.82, 2.24) is 4.90 Å². The van der Waals surface area contributed by atoms with Gasteiger partial charge in [-0.1, -0.05) is 64.8 Å². The van der Waals surface area contributed by atoms with Crippen LogP contribution in [-0.4, -0.2) is 50.7 Å². The van der Waals surface area contributed by atoms with Gasteiger partial charge in [-0.05, 0) is 94.2 Å². The predicted octanol–water partition coefficient (Wildman–Crippen LogP) is 8.79. The Hall–Kier alpha value is -2.86. The van der Waals surface area contributed by atoms with Gasteiger partial charge in [-0.3, -0.25) is 0 Å². The summed E-state index contributed by atoms with van der Waals surface area (Å²) in [6.45, 7) is 23.9. The van der Waals surface area contributed by atoms with Crippen LogP contribution in [0.2, 0.25) is 0 Å². The van der Waals surface area contributed by atoms with Crippen LogP contribution >= 0.6 is 0 Å². The summed E-state index contributed by atoms with van der Waals surface area (Å²) in [5.41, 5.74) is 6.30. The molecule has 0 fully saturated rings. The van der Waals surface area contributed by atoms with Crippen LogP contribution in [0, 0.1) is 25.7 Å². The van der Waals surface area contributed by atoms with Gasteiger partial charge in [-0.15, -0.1) is 0 Å². The van der Waals surface area contributed by atoms with E-state index < -0.39 is 0 Å². The van der Waals surface area contributed by atoms with Gasteiger partial charge in [0.1, 0.15) is 17.3 Å². The lowest BCUT2D eigenvalue weighted by Gasteiger charge is -2.38. The zero-order chi connectivity index (χ0) is 32.0. The largest absolute Gasteiger partial charge is 0.507 e. The van der Waals surface area contributed by atoms with E-state index in [-0.39, 0.29) is 18.8 Å². The normalized spacial score (nSPS) is 14.4. The van der Waals surface area contributed by atoms with E-state index in [2.05, 4.69) is 72.2 Å². The topological polar surface area (TPSA) is 60.4 Å². The van der Waals surface area contributed by atoms with Crippen molar-refractivity contribution in [3.8, 4) is 11.5 Å². The minimum Gasteiger partial charge on any atom is -0.507 e. The van der Waals surface area contributed by atoms with Gasteiger partial charge in [0.05, 0.1) is 19.8 Å². The lowest BCUT2D eigenvalue weighted by molar-refractivity contribution is 0.00108. The zero-order valence-electron chi connectivity index (χ0n) is 28.6. The van der Waals surface area contributed by atoms with Crippen molar-refractivity contribution in [3.05, 3.63) is 69.8 Å². The zero-order valence-corrected chi connectivity index (χ0v) is 28.6. The van der Waals surface area contributed by atoms with Gasteiger partial charge in [-0.2, -0.15) is 0 Å². The van der Waals surface area contributed by atoms with Gasteiger partial charge in [0.2, 0.25) is 0 Å². The molecule has 1 unspecified atom stereocenters. The maximum absolute atomic E-state index is 11.6. The monoisotopic (exact) mass is 585 g/mol. The Morgan fingerprint density at radius 2 is 1.64 bits per heavy atom. The molecule has 2 atom stereocenters. The van der Waals surface area contributed by atoms with Crippen molar-refractivity contribution in [2.45, 2.75) is 100 Å². The Kier molecular flexibility index (Phi) is 16.5. The number of hydrogen-bond donors (Lipinski definition) is 1. The Morgan fingerprint density at radius 1 is 1.00 bits per heavy atom. The highest BCUT2D eigenvalue weighted by Gasteiger charge is 2.31. The van der Waals surface area contributed by atoms with Crippen LogP contribution in [0.25, 0.3) is 0 Å². The molecule has 0 radical (unpaired) electrons. The first-order chi connectivity index (χ1) is 20.0. The molecule has 0 saturated carbocycles. The lowest BCUT2D eigenvalue weighted by atomic mass is 9.75. The number of allylic oxidation sites excluding steroid dienone is 4. The Bertz CT molecular complexity index is 1100. The van der Waals surface area contributed by atoms with Crippen molar-refractivity contribution < 1.29 is 24.1 Å². The molecule has 238 valence electrons. The Balaban J connectivity index is 3.76. The van der Waals surface area contributed by atoms with E-state index in [4.69, 9.17) is 18.9 Å². The first kappa shape index (κ1) is 37.2. The maximum Gasteiger partial charge on any atom is 0.188 e. The molecule has 0 aliphatic carbocycles. The van der Waals surface area contributed by atoms with Crippen molar-refractivity contribution in [3.63, 3.8) is 0 Å². The number of nitrogens with zero attached hydrogens (tertiary/aromatic N) is 1. The molecule has 0 saturated heterocycles. The number of benzene rings is 1. The molecular formula is C36H59NO5. The molecule has 42 heavy (non-hydrogen) atoms. The molecule has 0 bridgehead atoms. The SMILES string of the molecule is C=CN(C)[C@H](/C=C(C)/C=C(C)\C(OC)=C(/C)OCOC)C(Cc1c(O)c(C)c(OCCC)c(C)c1CC)C(CC)CC. The van der Waals surface area contributed by atoms with E-state index >= 15 is 0 Å². The van der Waals surface area contributed by atoms with Crippen LogP contribution in [0.3, 0.4) is 0 Å². The fourth-order valence-electron chi connectivity index (χ4n) is 6.12. The van der Waals surface area contributed by atoms with Gasteiger partial charge >= 0.3 is 0 Å². The summed E-state index contributed by atoms with van der Waals surface area (Å²) in [5, 5.41) is 11.6. The summed E-state index contributed by atoms with van der Waals surface area (Å²) >= 11 is 0. The van der Waals surface area contributed by atoms with Crippen LogP contribution in [0.4, 0.5) is 0 Å². The number of aromatic hydroxyl groups is 1. The molecule has 0 amide bonds. The maximum atomic E-state index is 11.6. The second-order valence-corrected chi connectivity index (χ2v) is 11.2. The Morgan fingerprint density at radius 3 is 2.14 bits per heavy atom. The number of methoxy groups -OCH3 is 2. The predicted molar refractivity (Wildman–Crippen MR) is 176 cm³/mol. The van der Waals surface area contributed by atoms with E-state index in [0.29, 0.717) is 29.8 Å². The highest BCUT2D eigenvalue weighted by atomic mass is 16.7. The van der Waals surface area contributed by atoms with E-state index in [9.17, 15) is 5.11 Å². The number of phenols is 1. The fraction of sp³-hybridized carbons (Fsp3) is 0.611. The molecule has 0 heterocycles. The third kappa shape index (κ3) is 9.58. The lowest BCUT2D eigenvalue weighted by Crippen LogP contribution is -2.38. The van der Waals surface area contributed by atoms with Gasteiger partial charge in [0, 0.05) is 19.7 Å². The minimum absolute atomic E-state index is 0.0676. The third-order valence-corrected chi connectivity index (χ3v) is 8.39. The second kappa shape index (κ2) is 18.6. The molecule has 0 aliphatic rings. The van der Waals surface area contributed by atoms with Crippen LogP contribution in [0.15, 0.2) is 47.6 Å². The van der Waals surface area contributed by atoms with Crippen LogP contribution in [0.5, 0.6) is 11.5 Å². The molecule has 0 aliphatic heterocycles. The third-order valence-electron chi connectivity index (χ3n) is 8.39. The Labute approximate surface area is 257 Å². The van der Waals surface area contributed by atoms with Crippen LogP contribution in [0.1, 0.15) is 90.0 Å². The average molecular weight is 586 g/mol. The fourth-order valence-corrected chi connectivity index (χ4v) is 6.12. The van der Waals surface area contributed by atoms with Gasteiger partial charge < -0.3 is 29.0 Å². The van der Waals surface area contributed by atoms with Crippen LogP contribution < -0.4 is 4.74 Å². The molecule has 1 aromatic rings. The highest BCUT2D eigenvalue weighted by molar-refractivity contribution is 5.58. The number of phenolic OH excluding ortho intramolecular Hbond substituents is 1. The summed E-state index contributed by atoms with van der Waals surface area (Å²) in [4.78, 5) is 2.21. The van der Waals surface area contributed by atoms with Gasteiger partial charge in [0.15, 0.2) is 12.6 Å². The molecule has 0 spiro atoms. The van der Waals surface area contributed by atoms with Crippen LogP contribution in [-0.2, 0) is 27.1 Å². The first-order valence-electron chi connectivity index (χ1n) is 15.5. The standard InChI is InChI=1S/C36H59NO5/c1-14-19-41-36-26(8)30(17-4)32(34(38)27(36)9)22-31(29(15-2)16-3)33(37(11)18-5)21-24(6)20-25(7)35(40-13)28(10)42-23-39-12/h18,20-21,29,31,33,38H,5,14-17,19,22-23H2,1-4,6-13H3/b24-21+,25-20-,35-28-/t31?,33-/m1/s1. The van der Waals surface area contributed by atoms with Crippen molar-refractivity contribution >= 4 is 0 Å². The quantitative estimate of drug-likeness (QED) is 0.0995. The highest BCUT2D eigenvalue weighted by Crippen LogP contribution is 2.42. The molecule has 1 N–H and O–H groups in total. The minimum atomic E-state index is 0.0676. The van der Waals surface area contributed by atoms with Crippen molar-refractivity contribution in [2.24, 2.45) is 11.8 Å². The van der Waals surface area contributed by atoms with Crippen molar-refractivity contribution in [2.75, 3.05) is 34.7 Å². The second-order valence-electron chi connectivity index (χ2n) is 11.2. The summed E-state index contributed by atoms with van der Waals surface area (Å²) in [5.74, 6) is 3.27. The van der Waals surface area contributed by atoms with Crippen molar-refractivity contribution in [1.29, 1.82) is 0 Å². The summed E-state index contributed by atoms with van der Waals surface area (Å²) in [6, 6.07) is 0.0676.